The molecule has 0 rings (SSSR count). The largest absolute Gasteiger partial charge is 0.481 e. The number of carbonyl (C=O) groups is 7. The van der Waals surface area contributed by atoms with Crippen molar-refractivity contribution in [2.75, 3.05) is 5.75 Å². The zero-order chi connectivity index (χ0) is 25.7. The highest BCUT2D eigenvalue weighted by Crippen LogP contribution is 2.04. The van der Waals surface area contributed by atoms with Crippen molar-refractivity contribution >= 4 is 54.2 Å². The van der Waals surface area contributed by atoms with Crippen LogP contribution in [0.5, 0.6) is 0 Å². The van der Waals surface area contributed by atoms with Crippen LogP contribution in [0.1, 0.15) is 32.1 Å². The minimum absolute atomic E-state index is 0.0922. The van der Waals surface area contributed by atoms with Gasteiger partial charge in [0, 0.05) is 18.6 Å². The first-order valence-electron chi connectivity index (χ1n) is 9.50. The number of carboxylic acid groups (broad SMARTS) is 3. The number of thiol groups is 1. The first-order valence-corrected chi connectivity index (χ1v) is 10.1. The fraction of sp³-hybridized carbons (Fsp3) is 0.588. The average molecular weight is 493 g/mol. The van der Waals surface area contributed by atoms with Gasteiger partial charge < -0.3 is 42.7 Å². The number of hydrogen-bond donors (Lipinski definition) is 9. The molecule has 0 spiro atoms. The molecule has 0 radical (unpaired) electrons. The van der Waals surface area contributed by atoms with Crippen molar-refractivity contribution in [1.29, 1.82) is 0 Å². The zero-order valence-corrected chi connectivity index (χ0v) is 18.2. The molecule has 0 aliphatic heterocycles. The second-order valence-corrected chi connectivity index (χ2v) is 7.21. The second kappa shape index (κ2) is 14.6. The summed E-state index contributed by atoms with van der Waals surface area (Å²) < 4.78 is 0. The van der Waals surface area contributed by atoms with E-state index in [-0.39, 0.29) is 18.6 Å². The first kappa shape index (κ1) is 29.6. The molecule has 4 amide bonds. The van der Waals surface area contributed by atoms with Gasteiger partial charge in [-0.3, -0.25) is 28.8 Å². The molecule has 0 aliphatic rings. The number of aliphatic carboxylic acids is 3. The highest BCUT2D eigenvalue weighted by Gasteiger charge is 2.31. The zero-order valence-electron chi connectivity index (χ0n) is 17.4. The summed E-state index contributed by atoms with van der Waals surface area (Å²) >= 11 is 3.84. The van der Waals surface area contributed by atoms with Gasteiger partial charge in [-0.2, -0.15) is 12.6 Å². The monoisotopic (exact) mass is 493 g/mol. The van der Waals surface area contributed by atoms with Crippen molar-refractivity contribution in [3.05, 3.63) is 0 Å². The van der Waals surface area contributed by atoms with E-state index in [1.54, 1.807) is 0 Å². The maximum absolute atomic E-state index is 12.6. The lowest BCUT2D eigenvalue weighted by atomic mass is 10.1. The van der Waals surface area contributed by atoms with E-state index < -0.39 is 85.0 Å². The van der Waals surface area contributed by atoms with Gasteiger partial charge in [0.15, 0.2) is 0 Å². The molecule has 0 heterocycles. The molecular formula is C17H27N5O10S. The molecule has 0 bridgehead atoms. The van der Waals surface area contributed by atoms with Crippen LogP contribution in [0.25, 0.3) is 0 Å². The van der Waals surface area contributed by atoms with Gasteiger partial charge >= 0.3 is 17.9 Å². The Bertz CT molecular complexity index is 777. The van der Waals surface area contributed by atoms with Gasteiger partial charge in [-0.15, -0.1) is 0 Å². The molecule has 10 N–H and O–H groups in total. The molecule has 4 unspecified atom stereocenters. The minimum Gasteiger partial charge on any atom is -0.481 e. The topological polar surface area (TPSA) is 268 Å². The molecule has 4 atom stereocenters. The third kappa shape index (κ3) is 12.3. The standard InChI is InChI=1S/C17H27N5O10S/c18-7(6-33)14(28)20-8(2-4-12(24)25)15(29)22-10(5-13(26)27)16(30)21-9(17(31)32)1-3-11(19)23/h7-10,33H,1-6,18H2,(H2,19,23)(H,20,28)(H,21,30)(H,22,29)(H,24,25)(H,26,27)(H,31,32). The number of carbonyl (C=O) groups excluding carboxylic acids is 4. The van der Waals surface area contributed by atoms with Crippen LogP contribution in [0.2, 0.25) is 0 Å². The fourth-order valence-corrected chi connectivity index (χ4v) is 2.54. The van der Waals surface area contributed by atoms with Crippen molar-refractivity contribution in [2.24, 2.45) is 11.5 Å². The molecule has 16 heteroatoms. The molecule has 0 fully saturated rings. The summed E-state index contributed by atoms with van der Waals surface area (Å²) in [6.45, 7) is 0. The van der Waals surface area contributed by atoms with Gasteiger partial charge in [-0.25, -0.2) is 4.79 Å². The smallest absolute Gasteiger partial charge is 0.326 e. The van der Waals surface area contributed by atoms with Crippen LogP contribution < -0.4 is 27.4 Å². The van der Waals surface area contributed by atoms with Crippen molar-refractivity contribution in [3.63, 3.8) is 0 Å². The number of amides is 4. The third-order valence-corrected chi connectivity index (χ3v) is 4.51. The summed E-state index contributed by atoms with van der Waals surface area (Å²) in [5.41, 5.74) is 10.5. The highest BCUT2D eigenvalue weighted by atomic mass is 32.1. The fourth-order valence-electron chi connectivity index (χ4n) is 2.37. The van der Waals surface area contributed by atoms with Crippen LogP contribution in [0, 0.1) is 0 Å². The van der Waals surface area contributed by atoms with Crippen molar-refractivity contribution < 1.29 is 48.9 Å². The summed E-state index contributed by atoms with van der Waals surface area (Å²) in [6, 6.07) is -6.01. The average Bonchev–Trinajstić information content (AvgIpc) is 2.71. The summed E-state index contributed by atoms with van der Waals surface area (Å²) in [4.78, 5) is 81.2. The van der Waals surface area contributed by atoms with Gasteiger partial charge in [-0.1, -0.05) is 0 Å². The molecule has 15 nitrogen and oxygen atoms in total. The third-order valence-electron chi connectivity index (χ3n) is 4.12. The molecule has 0 aromatic rings. The maximum Gasteiger partial charge on any atom is 0.326 e. The molecule has 186 valence electrons. The Labute approximate surface area is 193 Å². The van der Waals surface area contributed by atoms with Crippen molar-refractivity contribution in [3.8, 4) is 0 Å². The Kier molecular flexibility index (Phi) is 13.1. The van der Waals surface area contributed by atoms with Gasteiger partial charge in [0.2, 0.25) is 23.6 Å². The number of primary amides is 1. The van der Waals surface area contributed by atoms with E-state index >= 15 is 0 Å². The summed E-state index contributed by atoms with van der Waals surface area (Å²) in [5.74, 6) is -8.40. The van der Waals surface area contributed by atoms with E-state index in [1.807, 2.05) is 5.32 Å². The van der Waals surface area contributed by atoms with Crippen molar-refractivity contribution in [1.82, 2.24) is 16.0 Å². The van der Waals surface area contributed by atoms with Crippen molar-refractivity contribution in [2.45, 2.75) is 56.3 Å². The van der Waals surface area contributed by atoms with Crippen LogP contribution in [0.15, 0.2) is 0 Å². The Morgan fingerprint density at radius 3 is 1.67 bits per heavy atom. The minimum atomic E-state index is -1.78. The van der Waals surface area contributed by atoms with Gasteiger partial charge in [0.1, 0.15) is 18.1 Å². The van der Waals surface area contributed by atoms with E-state index in [9.17, 15) is 38.7 Å². The lowest BCUT2D eigenvalue weighted by Gasteiger charge is -2.24. The molecule has 0 saturated heterocycles. The van der Waals surface area contributed by atoms with Gasteiger partial charge in [-0.05, 0) is 12.8 Å². The van der Waals surface area contributed by atoms with Crippen LogP contribution in [0.4, 0.5) is 0 Å². The van der Waals surface area contributed by atoms with Crippen LogP contribution >= 0.6 is 12.6 Å². The van der Waals surface area contributed by atoms with E-state index in [0.29, 0.717) is 0 Å². The number of nitrogens with one attached hydrogen (secondary N) is 3. The van der Waals surface area contributed by atoms with E-state index in [4.69, 9.17) is 21.7 Å². The first-order chi connectivity index (χ1) is 15.3. The lowest BCUT2D eigenvalue weighted by molar-refractivity contribution is -0.143. The van der Waals surface area contributed by atoms with Crippen LogP contribution in [-0.4, -0.2) is 86.8 Å². The van der Waals surface area contributed by atoms with E-state index in [0.717, 1.165) is 0 Å². The Balaban J connectivity index is 5.53. The summed E-state index contributed by atoms with van der Waals surface area (Å²) in [5, 5.41) is 33.3. The van der Waals surface area contributed by atoms with E-state index in [2.05, 4.69) is 23.3 Å². The van der Waals surface area contributed by atoms with Crippen LogP contribution in [-0.2, 0) is 33.6 Å². The molecule has 33 heavy (non-hydrogen) atoms. The molecule has 0 aromatic heterocycles. The Morgan fingerprint density at radius 2 is 1.21 bits per heavy atom. The number of hydrogen-bond acceptors (Lipinski definition) is 9. The predicted octanol–water partition coefficient (Wildman–Crippen LogP) is -3.61. The predicted molar refractivity (Wildman–Crippen MR) is 113 cm³/mol. The molecule has 0 aliphatic carbocycles. The van der Waals surface area contributed by atoms with Gasteiger partial charge in [0.05, 0.1) is 12.5 Å². The molecule has 0 aromatic carbocycles. The summed E-state index contributed by atoms with van der Waals surface area (Å²) in [6.07, 6.45) is -2.71. The van der Waals surface area contributed by atoms with Crippen LogP contribution in [0.3, 0.4) is 0 Å². The molecule has 0 saturated carbocycles. The Hall–Kier alpha value is -3.40. The summed E-state index contributed by atoms with van der Waals surface area (Å²) in [7, 11) is 0. The second-order valence-electron chi connectivity index (χ2n) is 6.85. The van der Waals surface area contributed by atoms with Gasteiger partial charge in [0.25, 0.3) is 0 Å². The lowest BCUT2D eigenvalue weighted by Crippen LogP contribution is -2.57. The Morgan fingerprint density at radius 1 is 0.727 bits per heavy atom. The SMILES string of the molecule is NC(=O)CCC(NC(=O)C(CC(=O)O)NC(=O)C(CCC(=O)O)NC(=O)C(N)CS)C(=O)O. The maximum atomic E-state index is 12.6. The van der Waals surface area contributed by atoms with E-state index in [1.165, 1.54) is 0 Å². The quantitative estimate of drug-likeness (QED) is 0.0947. The highest BCUT2D eigenvalue weighted by molar-refractivity contribution is 7.80. The number of rotatable bonds is 16. The molecular weight excluding hydrogens is 466 g/mol. The normalized spacial score (nSPS) is 14.1. The number of nitrogens with two attached hydrogens (primary N) is 2. The number of carboxylic acids is 3.